The summed E-state index contributed by atoms with van der Waals surface area (Å²) in [6.45, 7) is 7.78. The average Bonchev–Trinajstić information content (AvgIpc) is 2.38. The first-order valence-electron chi connectivity index (χ1n) is 6.73. The van der Waals surface area contributed by atoms with Gasteiger partial charge in [-0.25, -0.2) is 4.98 Å². The van der Waals surface area contributed by atoms with Crippen LogP contribution in [-0.2, 0) is 6.54 Å². The highest BCUT2D eigenvalue weighted by Crippen LogP contribution is 2.34. The minimum absolute atomic E-state index is 0.395. The quantitative estimate of drug-likeness (QED) is 0.763. The Hall–Kier alpha value is -1.00. The van der Waals surface area contributed by atoms with Crippen LogP contribution in [0.3, 0.4) is 0 Å². The van der Waals surface area contributed by atoms with Gasteiger partial charge in [0.2, 0.25) is 5.95 Å². The second kappa shape index (κ2) is 4.59. The molecule has 0 aromatic carbocycles. The Morgan fingerprint density at radius 3 is 2.61 bits per heavy atom. The monoisotopic (exact) mass is 249 g/mol. The Morgan fingerprint density at radius 2 is 2.06 bits per heavy atom. The standard InChI is InChI=1S/C14H20FN3/c1-10(2)17-8-12-5-13(9-17)18(12)7-11-3-4-14(15)16-6-11/h3-4,6,10,12-13H,5,7-9H2,1-2H3. The van der Waals surface area contributed by atoms with Crippen LogP contribution in [-0.4, -0.2) is 46.0 Å². The summed E-state index contributed by atoms with van der Waals surface area (Å²) in [6.07, 6.45) is 2.97. The van der Waals surface area contributed by atoms with Crippen LogP contribution in [0.2, 0.25) is 0 Å². The summed E-state index contributed by atoms with van der Waals surface area (Å²) in [5.74, 6) is -0.395. The van der Waals surface area contributed by atoms with E-state index in [2.05, 4.69) is 28.6 Å². The fourth-order valence-corrected chi connectivity index (χ4v) is 3.11. The van der Waals surface area contributed by atoms with Crippen LogP contribution in [0.4, 0.5) is 4.39 Å². The number of nitrogens with zero attached hydrogens (tertiary/aromatic N) is 3. The van der Waals surface area contributed by atoms with Crippen LogP contribution in [0.1, 0.15) is 25.8 Å². The first kappa shape index (κ1) is 12.1. The van der Waals surface area contributed by atoms with Gasteiger partial charge in [-0.1, -0.05) is 6.07 Å². The van der Waals surface area contributed by atoms with Crippen molar-refractivity contribution in [3.63, 3.8) is 0 Å². The lowest BCUT2D eigenvalue weighted by Gasteiger charge is -2.57. The van der Waals surface area contributed by atoms with Crippen LogP contribution in [0, 0.1) is 5.95 Å². The molecule has 98 valence electrons. The average molecular weight is 249 g/mol. The molecule has 2 atom stereocenters. The van der Waals surface area contributed by atoms with Gasteiger partial charge < -0.3 is 0 Å². The third kappa shape index (κ3) is 2.15. The van der Waals surface area contributed by atoms with Gasteiger partial charge in [0.1, 0.15) is 0 Å². The fourth-order valence-electron chi connectivity index (χ4n) is 3.11. The topological polar surface area (TPSA) is 19.4 Å². The highest BCUT2D eigenvalue weighted by atomic mass is 19.1. The van der Waals surface area contributed by atoms with Crippen LogP contribution in [0.25, 0.3) is 0 Å². The molecule has 0 spiro atoms. The summed E-state index contributed by atoms with van der Waals surface area (Å²) in [5, 5.41) is 0. The number of rotatable bonds is 3. The number of hydrogen-bond acceptors (Lipinski definition) is 3. The minimum atomic E-state index is -0.395. The van der Waals surface area contributed by atoms with Gasteiger partial charge in [0.25, 0.3) is 0 Å². The molecule has 0 N–H and O–H groups in total. The molecule has 3 fully saturated rings. The summed E-state index contributed by atoms with van der Waals surface area (Å²) in [6, 6.07) is 5.29. The molecule has 4 rings (SSSR count). The molecule has 0 saturated carbocycles. The van der Waals surface area contributed by atoms with Gasteiger partial charge in [0, 0.05) is 44.0 Å². The molecule has 0 aliphatic carbocycles. The normalized spacial score (nSPS) is 28.4. The molecule has 2 unspecified atom stereocenters. The van der Waals surface area contributed by atoms with E-state index < -0.39 is 5.95 Å². The Kier molecular flexibility index (Phi) is 3.08. The van der Waals surface area contributed by atoms with E-state index in [0.717, 1.165) is 12.1 Å². The number of piperazine rings is 1. The van der Waals surface area contributed by atoms with Crippen molar-refractivity contribution in [3.05, 3.63) is 29.8 Å². The fraction of sp³-hybridized carbons (Fsp3) is 0.643. The lowest BCUT2D eigenvalue weighted by molar-refractivity contribution is -0.0835. The Morgan fingerprint density at radius 1 is 1.33 bits per heavy atom. The molecule has 3 saturated heterocycles. The molecule has 18 heavy (non-hydrogen) atoms. The van der Waals surface area contributed by atoms with E-state index in [-0.39, 0.29) is 0 Å². The number of aromatic nitrogens is 1. The predicted octanol–water partition coefficient (Wildman–Crippen LogP) is 1.89. The van der Waals surface area contributed by atoms with Crippen molar-refractivity contribution in [2.24, 2.45) is 0 Å². The molecule has 0 radical (unpaired) electrons. The first-order valence-corrected chi connectivity index (χ1v) is 6.73. The van der Waals surface area contributed by atoms with E-state index in [9.17, 15) is 4.39 Å². The number of hydrogen-bond donors (Lipinski definition) is 0. The van der Waals surface area contributed by atoms with E-state index in [1.165, 1.54) is 25.6 Å². The maximum atomic E-state index is 12.8. The Bertz CT molecular complexity index is 406. The lowest BCUT2D eigenvalue weighted by Crippen LogP contribution is -2.68. The van der Waals surface area contributed by atoms with Gasteiger partial charge in [-0.05, 0) is 31.9 Å². The second-order valence-corrected chi connectivity index (χ2v) is 5.75. The maximum absolute atomic E-state index is 12.8. The van der Waals surface area contributed by atoms with E-state index in [1.807, 2.05) is 6.07 Å². The van der Waals surface area contributed by atoms with Gasteiger partial charge in [-0.3, -0.25) is 9.80 Å². The second-order valence-electron chi connectivity index (χ2n) is 5.75. The Balaban J connectivity index is 1.62. The van der Waals surface area contributed by atoms with Crippen LogP contribution < -0.4 is 0 Å². The molecular formula is C14H20FN3. The summed E-state index contributed by atoms with van der Waals surface area (Å²) in [5.41, 5.74) is 1.11. The van der Waals surface area contributed by atoms with Gasteiger partial charge in [0.15, 0.2) is 0 Å². The Labute approximate surface area is 108 Å². The van der Waals surface area contributed by atoms with Crippen molar-refractivity contribution >= 4 is 0 Å². The number of pyridine rings is 1. The lowest BCUT2D eigenvalue weighted by atomic mass is 9.86. The maximum Gasteiger partial charge on any atom is 0.212 e. The van der Waals surface area contributed by atoms with E-state index in [4.69, 9.17) is 0 Å². The SMILES string of the molecule is CC(C)N1CC2CC(C1)N2Cc1ccc(F)nc1. The van der Waals surface area contributed by atoms with Gasteiger partial charge >= 0.3 is 0 Å². The minimum Gasteiger partial charge on any atom is -0.298 e. The zero-order valence-electron chi connectivity index (χ0n) is 11.0. The smallest absolute Gasteiger partial charge is 0.212 e. The van der Waals surface area contributed by atoms with Crippen LogP contribution in [0.5, 0.6) is 0 Å². The third-order valence-electron chi connectivity index (χ3n) is 4.26. The van der Waals surface area contributed by atoms with Gasteiger partial charge in [-0.2, -0.15) is 4.39 Å². The van der Waals surface area contributed by atoms with Gasteiger partial charge in [-0.15, -0.1) is 0 Å². The van der Waals surface area contributed by atoms with E-state index >= 15 is 0 Å². The van der Waals surface area contributed by atoms with Gasteiger partial charge in [0.05, 0.1) is 0 Å². The largest absolute Gasteiger partial charge is 0.298 e. The molecule has 3 aliphatic heterocycles. The molecule has 2 bridgehead atoms. The molecule has 4 heteroatoms. The molecular weight excluding hydrogens is 229 g/mol. The number of halogens is 1. The predicted molar refractivity (Wildman–Crippen MR) is 68.6 cm³/mol. The molecule has 0 amide bonds. The summed E-state index contributed by atoms with van der Waals surface area (Å²) in [4.78, 5) is 8.81. The summed E-state index contributed by atoms with van der Waals surface area (Å²) < 4.78 is 12.8. The van der Waals surface area contributed by atoms with Crippen molar-refractivity contribution in [2.45, 2.75) is 44.9 Å². The molecule has 4 heterocycles. The zero-order chi connectivity index (χ0) is 12.7. The molecule has 1 aromatic rings. The molecule has 3 aliphatic rings. The number of fused-ring (bicyclic) bond motifs is 2. The highest BCUT2D eigenvalue weighted by Gasteiger charge is 2.44. The van der Waals surface area contributed by atoms with E-state index in [0.29, 0.717) is 18.1 Å². The van der Waals surface area contributed by atoms with Crippen molar-refractivity contribution in [1.29, 1.82) is 0 Å². The first-order chi connectivity index (χ1) is 8.63. The third-order valence-corrected chi connectivity index (χ3v) is 4.26. The van der Waals surface area contributed by atoms with E-state index in [1.54, 1.807) is 6.20 Å². The molecule has 1 aromatic heterocycles. The highest BCUT2D eigenvalue weighted by molar-refractivity contribution is 5.12. The van der Waals surface area contributed by atoms with Crippen LogP contribution in [0.15, 0.2) is 18.3 Å². The van der Waals surface area contributed by atoms with Crippen molar-refractivity contribution in [1.82, 2.24) is 14.8 Å². The van der Waals surface area contributed by atoms with Crippen molar-refractivity contribution in [3.8, 4) is 0 Å². The van der Waals surface area contributed by atoms with Crippen molar-refractivity contribution < 1.29 is 4.39 Å². The number of piperidine rings is 1. The summed E-state index contributed by atoms with van der Waals surface area (Å²) in [7, 11) is 0. The summed E-state index contributed by atoms with van der Waals surface area (Å²) >= 11 is 0. The molecule has 3 nitrogen and oxygen atoms in total. The zero-order valence-corrected chi connectivity index (χ0v) is 11.0. The van der Waals surface area contributed by atoms with Crippen molar-refractivity contribution in [2.75, 3.05) is 13.1 Å². The van der Waals surface area contributed by atoms with Crippen LogP contribution >= 0.6 is 0 Å².